The molecule has 6 heteroatoms. The molecule has 0 saturated heterocycles. The molecule has 0 N–H and O–H groups in total. The summed E-state index contributed by atoms with van der Waals surface area (Å²) in [5, 5.41) is 0.410. The first kappa shape index (κ1) is 13.1. The summed E-state index contributed by atoms with van der Waals surface area (Å²) in [4.78, 5) is 0.178. The van der Waals surface area contributed by atoms with Gasteiger partial charge < -0.3 is 4.55 Å². The van der Waals surface area contributed by atoms with Gasteiger partial charge in [-0.15, -0.1) is 0 Å². The summed E-state index contributed by atoms with van der Waals surface area (Å²) in [5.74, 6) is 0. The molecular formula is C6H3BrClNaO2S. The summed E-state index contributed by atoms with van der Waals surface area (Å²) < 4.78 is 21.5. The quantitative estimate of drug-likeness (QED) is 0.505. The number of halogens is 2. The molecule has 0 spiro atoms. The standard InChI is InChI=1S/C6H4BrClO2S.Na/c7-5-2-1-4(8)3-6(5)11(9)10;/h1-3H,(H,9,10);/q;+1/p-1. The maximum atomic E-state index is 10.5. The smallest absolute Gasteiger partial charge is 0.768 e. The molecule has 1 atom stereocenters. The van der Waals surface area contributed by atoms with Crippen molar-refractivity contribution in [3.8, 4) is 0 Å². The van der Waals surface area contributed by atoms with Crippen molar-refractivity contribution in [1.29, 1.82) is 0 Å². The minimum absolute atomic E-state index is 0. The molecule has 0 aliphatic rings. The third-order valence-electron chi connectivity index (χ3n) is 1.07. The van der Waals surface area contributed by atoms with Crippen LogP contribution in [0.3, 0.4) is 0 Å². The predicted octanol–water partition coefficient (Wildman–Crippen LogP) is -0.655. The van der Waals surface area contributed by atoms with E-state index in [-0.39, 0.29) is 34.5 Å². The molecule has 0 amide bonds. The topological polar surface area (TPSA) is 40.1 Å². The van der Waals surface area contributed by atoms with Crippen molar-refractivity contribution in [3.05, 3.63) is 27.7 Å². The number of hydrogen-bond acceptors (Lipinski definition) is 2. The molecule has 60 valence electrons. The van der Waals surface area contributed by atoms with Crippen molar-refractivity contribution < 1.29 is 38.3 Å². The van der Waals surface area contributed by atoms with E-state index < -0.39 is 11.1 Å². The Hall–Kier alpha value is 1.10. The van der Waals surface area contributed by atoms with E-state index in [1.165, 1.54) is 6.07 Å². The average Bonchev–Trinajstić information content (AvgIpc) is 1.94. The van der Waals surface area contributed by atoms with Crippen LogP contribution in [0, 0.1) is 0 Å². The molecule has 0 fully saturated rings. The van der Waals surface area contributed by atoms with Gasteiger partial charge in [-0.25, -0.2) is 0 Å². The summed E-state index contributed by atoms with van der Waals surface area (Å²) in [5.41, 5.74) is 0. The average molecular weight is 278 g/mol. The Labute approximate surface area is 108 Å². The zero-order chi connectivity index (χ0) is 8.43. The Morgan fingerprint density at radius 2 is 2.08 bits per heavy atom. The Morgan fingerprint density at radius 1 is 1.50 bits per heavy atom. The first-order valence-electron chi connectivity index (χ1n) is 2.65. The number of benzene rings is 1. The SMILES string of the molecule is O=S([O-])c1cc(Cl)ccc1Br.[Na+]. The Balaban J connectivity index is 0.00000121. The van der Waals surface area contributed by atoms with Crippen LogP contribution in [-0.2, 0) is 11.1 Å². The minimum atomic E-state index is -2.23. The van der Waals surface area contributed by atoms with Gasteiger partial charge in [0.1, 0.15) is 0 Å². The van der Waals surface area contributed by atoms with Crippen LogP contribution in [0.4, 0.5) is 0 Å². The van der Waals surface area contributed by atoms with Gasteiger partial charge in [-0.1, -0.05) is 11.6 Å². The minimum Gasteiger partial charge on any atom is -0.768 e. The molecule has 0 bridgehead atoms. The predicted molar refractivity (Wildman–Crippen MR) is 46.3 cm³/mol. The van der Waals surface area contributed by atoms with Gasteiger partial charge >= 0.3 is 29.6 Å². The third kappa shape index (κ3) is 3.46. The third-order valence-corrected chi connectivity index (χ3v) is 2.96. The van der Waals surface area contributed by atoms with Gasteiger partial charge in [-0.05, 0) is 45.2 Å². The maximum absolute atomic E-state index is 10.5. The maximum Gasteiger partial charge on any atom is 1.00 e. The molecule has 0 saturated carbocycles. The van der Waals surface area contributed by atoms with E-state index in [0.29, 0.717) is 9.50 Å². The molecule has 1 aromatic carbocycles. The summed E-state index contributed by atoms with van der Waals surface area (Å²) in [7, 11) is 0. The van der Waals surface area contributed by atoms with E-state index in [9.17, 15) is 8.76 Å². The van der Waals surface area contributed by atoms with E-state index in [2.05, 4.69) is 15.9 Å². The van der Waals surface area contributed by atoms with Crippen LogP contribution in [0.1, 0.15) is 0 Å². The summed E-state index contributed by atoms with van der Waals surface area (Å²) in [6.45, 7) is 0. The molecule has 12 heavy (non-hydrogen) atoms. The van der Waals surface area contributed by atoms with Crippen LogP contribution in [-0.4, -0.2) is 8.76 Å². The molecule has 0 aliphatic heterocycles. The molecule has 0 aliphatic carbocycles. The van der Waals surface area contributed by atoms with Gasteiger partial charge in [-0.2, -0.15) is 0 Å². The monoisotopic (exact) mass is 276 g/mol. The van der Waals surface area contributed by atoms with E-state index >= 15 is 0 Å². The molecule has 0 heterocycles. The van der Waals surface area contributed by atoms with Crippen LogP contribution in [0.15, 0.2) is 27.6 Å². The van der Waals surface area contributed by atoms with Crippen molar-refractivity contribution in [1.82, 2.24) is 0 Å². The van der Waals surface area contributed by atoms with E-state index in [0.717, 1.165) is 0 Å². The van der Waals surface area contributed by atoms with Crippen molar-refractivity contribution in [2.75, 3.05) is 0 Å². The molecule has 2 nitrogen and oxygen atoms in total. The molecule has 1 aromatic rings. The van der Waals surface area contributed by atoms with Gasteiger partial charge in [0.15, 0.2) is 0 Å². The van der Waals surface area contributed by atoms with Crippen molar-refractivity contribution >= 4 is 38.6 Å². The second kappa shape index (κ2) is 5.75. The summed E-state index contributed by atoms with van der Waals surface area (Å²) in [6.07, 6.45) is 0. The molecule has 0 radical (unpaired) electrons. The zero-order valence-electron chi connectivity index (χ0n) is 6.21. The van der Waals surface area contributed by atoms with Gasteiger partial charge in [0.2, 0.25) is 0 Å². The molecule has 0 aromatic heterocycles. The summed E-state index contributed by atoms with van der Waals surface area (Å²) in [6, 6.07) is 4.59. The van der Waals surface area contributed by atoms with Crippen molar-refractivity contribution in [3.63, 3.8) is 0 Å². The second-order valence-electron chi connectivity index (χ2n) is 1.81. The Bertz CT molecular complexity index is 308. The normalized spacial score (nSPS) is 11.9. The Morgan fingerprint density at radius 3 is 2.50 bits per heavy atom. The van der Waals surface area contributed by atoms with Crippen LogP contribution in [0.5, 0.6) is 0 Å². The molecular weight excluding hydrogens is 274 g/mol. The first-order chi connectivity index (χ1) is 5.11. The van der Waals surface area contributed by atoms with Crippen molar-refractivity contribution in [2.45, 2.75) is 4.90 Å². The first-order valence-corrected chi connectivity index (χ1v) is 4.90. The van der Waals surface area contributed by atoms with Gasteiger partial charge in [0.25, 0.3) is 0 Å². The zero-order valence-corrected chi connectivity index (χ0v) is 11.4. The van der Waals surface area contributed by atoms with Crippen LogP contribution in [0.25, 0.3) is 0 Å². The fourth-order valence-corrected chi connectivity index (χ4v) is 1.94. The van der Waals surface area contributed by atoms with Crippen molar-refractivity contribution in [2.24, 2.45) is 0 Å². The second-order valence-corrected chi connectivity index (χ2v) is 4.01. The number of hydrogen-bond donors (Lipinski definition) is 0. The largest absolute Gasteiger partial charge is 1.00 e. The van der Waals surface area contributed by atoms with Gasteiger partial charge in [0.05, 0.1) is 0 Å². The van der Waals surface area contributed by atoms with Crippen LogP contribution in [0.2, 0.25) is 5.02 Å². The van der Waals surface area contributed by atoms with Crippen LogP contribution >= 0.6 is 27.5 Å². The van der Waals surface area contributed by atoms with Crippen LogP contribution < -0.4 is 29.6 Å². The van der Waals surface area contributed by atoms with Gasteiger partial charge in [-0.3, -0.25) is 4.21 Å². The molecule has 1 rings (SSSR count). The number of rotatable bonds is 1. The molecule has 1 unspecified atom stereocenters. The van der Waals surface area contributed by atoms with Gasteiger partial charge in [0, 0.05) is 14.4 Å². The Kier molecular flexibility index (Phi) is 6.28. The van der Waals surface area contributed by atoms with E-state index in [1.807, 2.05) is 0 Å². The van der Waals surface area contributed by atoms with E-state index in [1.54, 1.807) is 12.1 Å². The fourth-order valence-electron chi connectivity index (χ4n) is 0.605. The summed E-state index contributed by atoms with van der Waals surface area (Å²) >= 11 is 6.41. The fraction of sp³-hybridized carbons (Fsp3) is 0. The van der Waals surface area contributed by atoms with E-state index in [4.69, 9.17) is 11.6 Å².